The van der Waals surface area contributed by atoms with E-state index < -0.39 is 0 Å². The zero-order valence-corrected chi connectivity index (χ0v) is 13.7. The second-order valence-electron chi connectivity index (χ2n) is 5.49. The van der Waals surface area contributed by atoms with Gasteiger partial charge in [-0.25, -0.2) is 4.39 Å². The van der Waals surface area contributed by atoms with E-state index in [1.54, 1.807) is 6.07 Å². The molecule has 0 amide bonds. The van der Waals surface area contributed by atoms with Crippen LogP contribution in [0.2, 0.25) is 5.02 Å². The molecule has 0 saturated carbocycles. The van der Waals surface area contributed by atoms with Crippen molar-refractivity contribution < 1.29 is 4.39 Å². The van der Waals surface area contributed by atoms with Gasteiger partial charge in [-0.1, -0.05) is 36.7 Å². The van der Waals surface area contributed by atoms with Crippen molar-refractivity contribution in [1.82, 2.24) is 5.32 Å². The van der Waals surface area contributed by atoms with Gasteiger partial charge in [0.1, 0.15) is 5.82 Å². The topological polar surface area (TPSA) is 12.0 Å². The predicted octanol–water partition coefficient (Wildman–Crippen LogP) is 5.10. The minimum Gasteiger partial charge on any atom is -0.306 e. The second-order valence-corrected chi connectivity index (χ2v) is 5.90. The molecule has 3 heteroatoms. The van der Waals surface area contributed by atoms with Crippen molar-refractivity contribution in [2.45, 2.75) is 33.7 Å². The third-order valence-corrected chi connectivity index (χ3v) is 3.97. The summed E-state index contributed by atoms with van der Waals surface area (Å²) in [4.78, 5) is 0. The highest BCUT2D eigenvalue weighted by Gasteiger charge is 2.21. The Morgan fingerprint density at radius 3 is 2.38 bits per heavy atom. The summed E-state index contributed by atoms with van der Waals surface area (Å²) in [5.41, 5.74) is 4.55. The van der Waals surface area contributed by atoms with Crippen molar-refractivity contribution >= 4 is 11.6 Å². The van der Waals surface area contributed by atoms with E-state index in [1.807, 2.05) is 52.0 Å². The first kappa shape index (κ1) is 16.0. The number of nitrogens with one attached hydrogen (secondary N) is 1. The maximum absolute atomic E-state index is 14.5. The molecule has 1 nitrogen and oxygen atoms in total. The SMILES string of the molecule is CCNC(c1ccc(C)cc1Cl)c1c(C)cc(C)cc1F. The fourth-order valence-electron chi connectivity index (χ4n) is 2.73. The van der Waals surface area contributed by atoms with E-state index in [1.165, 1.54) is 0 Å². The molecule has 2 aromatic rings. The van der Waals surface area contributed by atoms with Gasteiger partial charge in [-0.05, 0) is 61.7 Å². The number of aryl methyl sites for hydroxylation is 3. The highest BCUT2D eigenvalue weighted by molar-refractivity contribution is 6.31. The van der Waals surface area contributed by atoms with E-state index in [2.05, 4.69) is 5.32 Å². The minimum absolute atomic E-state index is 0.185. The zero-order valence-electron chi connectivity index (χ0n) is 12.9. The number of rotatable bonds is 4. The Morgan fingerprint density at radius 2 is 1.81 bits per heavy atom. The van der Waals surface area contributed by atoms with Crippen molar-refractivity contribution in [2.75, 3.05) is 6.54 Å². The van der Waals surface area contributed by atoms with Crippen molar-refractivity contribution in [1.29, 1.82) is 0 Å². The van der Waals surface area contributed by atoms with Gasteiger partial charge in [0, 0.05) is 10.6 Å². The number of benzene rings is 2. The molecule has 1 N–H and O–H groups in total. The van der Waals surface area contributed by atoms with Gasteiger partial charge in [0.05, 0.1) is 6.04 Å². The molecule has 2 aromatic carbocycles. The van der Waals surface area contributed by atoms with Crippen molar-refractivity contribution in [3.8, 4) is 0 Å². The standard InChI is InChI=1S/C18H21ClFN/c1-5-21-18(14-7-6-11(2)9-15(14)19)17-13(4)8-12(3)10-16(17)20/h6-10,18,21H,5H2,1-4H3. The van der Waals surface area contributed by atoms with Gasteiger partial charge < -0.3 is 5.32 Å². The van der Waals surface area contributed by atoms with E-state index in [-0.39, 0.29) is 11.9 Å². The molecule has 0 fully saturated rings. The summed E-state index contributed by atoms with van der Waals surface area (Å²) >= 11 is 6.38. The molecule has 0 saturated heterocycles. The van der Waals surface area contributed by atoms with Gasteiger partial charge in [-0.2, -0.15) is 0 Å². The third-order valence-electron chi connectivity index (χ3n) is 3.64. The first-order valence-electron chi connectivity index (χ1n) is 7.20. The second kappa shape index (κ2) is 6.59. The average Bonchev–Trinajstić information content (AvgIpc) is 2.37. The van der Waals surface area contributed by atoms with Crippen LogP contribution in [0.1, 0.15) is 40.8 Å². The molecule has 0 aliphatic carbocycles. The summed E-state index contributed by atoms with van der Waals surface area (Å²) in [6.45, 7) is 8.59. The first-order chi connectivity index (χ1) is 9.93. The summed E-state index contributed by atoms with van der Waals surface area (Å²) < 4.78 is 14.5. The molecule has 0 radical (unpaired) electrons. The Kier molecular flexibility index (Phi) is 5.02. The van der Waals surface area contributed by atoms with Crippen molar-refractivity contribution in [3.05, 3.63) is 69.0 Å². The van der Waals surface area contributed by atoms with Crippen molar-refractivity contribution in [3.63, 3.8) is 0 Å². The molecule has 0 bridgehead atoms. The first-order valence-corrected chi connectivity index (χ1v) is 7.58. The van der Waals surface area contributed by atoms with Gasteiger partial charge in [-0.15, -0.1) is 0 Å². The number of halogens is 2. The molecule has 112 valence electrons. The van der Waals surface area contributed by atoms with Gasteiger partial charge in [-0.3, -0.25) is 0 Å². The lowest BCUT2D eigenvalue weighted by Crippen LogP contribution is -2.24. The summed E-state index contributed by atoms with van der Waals surface area (Å²) in [5, 5.41) is 4.02. The van der Waals surface area contributed by atoms with Crippen LogP contribution in [0, 0.1) is 26.6 Å². The highest BCUT2D eigenvalue weighted by Crippen LogP contribution is 2.32. The molecule has 2 rings (SSSR count). The Hall–Kier alpha value is -1.38. The van der Waals surface area contributed by atoms with Crippen LogP contribution in [0.25, 0.3) is 0 Å². The number of hydrogen-bond donors (Lipinski definition) is 1. The van der Waals surface area contributed by atoms with Crippen LogP contribution in [0.15, 0.2) is 30.3 Å². The third kappa shape index (κ3) is 3.45. The maximum atomic E-state index is 14.5. The average molecular weight is 306 g/mol. The van der Waals surface area contributed by atoms with Crippen LogP contribution in [-0.2, 0) is 0 Å². The summed E-state index contributed by atoms with van der Waals surface area (Å²) in [6.07, 6.45) is 0. The lowest BCUT2D eigenvalue weighted by atomic mass is 9.92. The van der Waals surface area contributed by atoms with E-state index in [9.17, 15) is 4.39 Å². The van der Waals surface area contributed by atoms with Gasteiger partial charge >= 0.3 is 0 Å². The largest absolute Gasteiger partial charge is 0.306 e. The van der Waals surface area contributed by atoms with Crippen LogP contribution in [0.4, 0.5) is 4.39 Å². The molecule has 0 spiro atoms. The van der Waals surface area contributed by atoms with E-state index in [0.29, 0.717) is 10.6 Å². The smallest absolute Gasteiger partial charge is 0.128 e. The van der Waals surface area contributed by atoms with Crippen molar-refractivity contribution in [2.24, 2.45) is 0 Å². The maximum Gasteiger partial charge on any atom is 0.128 e. The molecule has 1 unspecified atom stereocenters. The summed E-state index contributed by atoms with van der Waals surface area (Å²) in [7, 11) is 0. The summed E-state index contributed by atoms with van der Waals surface area (Å²) in [6, 6.07) is 9.25. The monoisotopic (exact) mass is 305 g/mol. The van der Waals surface area contributed by atoms with E-state index in [0.717, 1.165) is 28.8 Å². The molecule has 1 atom stereocenters. The Labute approximate surface area is 131 Å². The Bertz CT molecular complexity index is 629. The minimum atomic E-state index is -0.233. The Balaban J connectivity index is 2.59. The van der Waals surface area contributed by atoms with Crippen LogP contribution in [0.3, 0.4) is 0 Å². The predicted molar refractivity (Wildman–Crippen MR) is 87.6 cm³/mol. The summed E-state index contributed by atoms with van der Waals surface area (Å²) in [5.74, 6) is -0.185. The fourth-order valence-corrected chi connectivity index (χ4v) is 3.07. The molecule has 21 heavy (non-hydrogen) atoms. The normalized spacial score (nSPS) is 12.5. The van der Waals surface area contributed by atoms with Gasteiger partial charge in [0.25, 0.3) is 0 Å². The van der Waals surface area contributed by atoms with E-state index in [4.69, 9.17) is 11.6 Å². The molecule has 0 heterocycles. The number of hydrogen-bond acceptors (Lipinski definition) is 1. The fraction of sp³-hybridized carbons (Fsp3) is 0.333. The quantitative estimate of drug-likeness (QED) is 0.828. The van der Waals surface area contributed by atoms with Crippen LogP contribution >= 0.6 is 11.6 Å². The molecular weight excluding hydrogens is 285 g/mol. The lowest BCUT2D eigenvalue weighted by molar-refractivity contribution is 0.555. The van der Waals surface area contributed by atoms with Gasteiger partial charge in [0.15, 0.2) is 0 Å². The molecule has 0 aliphatic rings. The molecular formula is C18H21ClFN. The lowest BCUT2D eigenvalue weighted by Gasteiger charge is -2.23. The molecule has 0 aromatic heterocycles. The van der Waals surface area contributed by atoms with Crippen LogP contribution in [-0.4, -0.2) is 6.54 Å². The Morgan fingerprint density at radius 1 is 1.10 bits per heavy atom. The molecule has 0 aliphatic heterocycles. The van der Waals surface area contributed by atoms with Gasteiger partial charge in [0.2, 0.25) is 0 Å². The van der Waals surface area contributed by atoms with Crippen LogP contribution < -0.4 is 5.32 Å². The highest BCUT2D eigenvalue weighted by atomic mass is 35.5. The van der Waals surface area contributed by atoms with E-state index >= 15 is 0 Å². The van der Waals surface area contributed by atoms with Crippen LogP contribution in [0.5, 0.6) is 0 Å². The zero-order chi connectivity index (χ0) is 15.6.